The average molecular weight is 299 g/mol. The van der Waals surface area contributed by atoms with Gasteiger partial charge in [0.05, 0.1) is 17.3 Å². The normalized spacial score (nSPS) is 15.0. The largest absolute Gasteiger partial charge is 0.365 e. The van der Waals surface area contributed by atoms with Crippen molar-refractivity contribution < 1.29 is 4.79 Å². The second kappa shape index (κ2) is 5.12. The zero-order valence-corrected chi connectivity index (χ0v) is 13.4. The Kier molecular flexibility index (Phi) is 3.39. The minimum Gasteiger partial charge on any atom is -0.365 e. The molecule has 22 heavy (non-hydrogen) atoms. The first-order chi connectivity index (χ1) is 10.4. The molecule has 1 fully saturated rings. The van der Waals surface area contributed by atoms with E-state index < -0.39 is 5.91 Å². The summed E-state index contributed by atoms with van der Waals surface area (Å²) in [5.74, 6) is 0.258. The lowest BCUT2D eigenvalue weighted by atomic mass is 10.1. The van der Waals surface area contributed by atoms with Gasteiger partial charge in [0.25, 0.3) is 5.91 Å². The highest BCUT2D eigenvalue weighted by molar-refractivity contribution is 5.98. The second-order valence-corrected chi connectivity index (χ2v) is 6.06. The fourth-order valence-corrected chi connectivity index (χ4v) is 2.91. The van der Waals surface area contributed by atoms with Crippen molar-refractivity contribution in [2.24, 2.45) is 5.73 Å². The number of rotatable bonds is 3. The Morgan fingerprint density at radius 3 is 2.45 bits per heavy atom. The lowest BCUT2D eigenvalue weighted by Crippen LogP contribution is -2.49. The van der Waals surface area contributed by atoms with E-state index in [1.165, 1.54) is 0 Å². The van der Waals surface area contributed by atoms with Crippen LogP contribution in [0.3, 0.4) is 0 Å². The number of pyridine rings is 1. The maximum absolute atomic E-state index is 11.7. The van der Waals surface area contributed by atoms with Gasteiger partial charge in [-0.3, -0.25) is 9.48 Å². The molecule has 0 saturated carbocycles. The minimum absolute atomic E-state index is 0.317. The van der Waals surface area contributed by atoms with Crippen molar-refractivity contribution >= 4 is 11.7 Å². The molecule has 0 radical (unpaired) electrons. The van der Waals surface area contributed by atoms with E-state index in [1.54, 1.807) is 0 Å². The van der Waals surface area contributed by atoms with E-state index in [-0.39, 0.29) is 0 Å². The van der Waals surface area contributed by atoms with Gasteiger partial charge in [-0.15, -0.1) is 0 Å². The van der Waals surface area contributed by atoms with Gasteiger partial charge in [-0.2, -0.15) is 5.10 Å². The molecule has 2 N–H and O–H groups in total. The van der Waals surface area contributed by atoms with Gasteiger partial charge in [0, 0.05) is 24.5 Å². The first-order valence-corrected chi connectivity index (χ1v) is 7.42. The van der Waals surface area contributed by atoms with Crippen LogP contribution in [0.1, 0.15) is 39.0 Å². The van der Waals surface area contributed by atoms with Crippen LogP contribution in [0.2, 0.25) is 0 Å². The number of nitrogens with zero attached hydrogens (tertiary/aromatic N) is 4. The fourth-order valence-electron chi connectivity index (χ4n) is 2.91. The van der Waals surface area contributed by atoms with Gasteiger partial charge in [-0.05, 0) is 45.4 Å². The lowest BCUT2D eigenvalue weighted by molar-refractivity contribution is 0.1000. The number of aryl methyl sites for hydroxylation is 4. The van der Waals surface area contributed by atoms with Gasteiger partial charge < -0.3 is 10.6 Å². The number of aromatic nitrogens is 3. The molecule has 2 aromatic rings. The van der Waals surface area contributed by atoms with E-state index in [2.05, 4.69) is 32.7 Å². The predicted molar refractivity (Wildman–Crippen MR) is 85.2 cm³/mol. The Hall–Kier alpha value is -2.37. The monoisotopic (exact) mass is 299 g/mol. The summed E-state index contributed by atoms with van der Waals surface area (Å²) in [7, 11) is 0. The van der Waals surface area contributed by atoms with Crippen LogP contribution in [0.4, 0.5) is 5.82 Å². The zero-order valence-electron chi connectivity index (χ0n) is 13.4. The van der Waals surface area contributed by atoms with Gasteiger partial charge >= 0.3 is 0 Å². The van der Waals surface area contributed by atoms with Gasteiger partial charge in [0.2, 0.25) is 0 Å². The molecule has 3 heterocycles. The zero-order chi connectivity index (χ0) is 16.0. The maximum atomic E-state index is 11.7. The molecule has 1 aliphatic heterocycles. The van der Waals surface area contributed by atoms with Crippen LogP contribution in [-0.2, 0) is 0 Å². The standard InChI is InChI=1S/C16H21N5O/c1-9-5-14(15(17)22)16(18-12(9)4)20-7-13(8-20)21-11(3)6-10(2)19-21/h5-6,13H,7-8H2,1-4H3,(H2,17,22). The van der Waals surface area contributed by atoms with E-state index in [0.29, 0.717) is 17.4 Å². The molecule has 0 aliphatic carbocycles. The third-order valence-electron chi connectivity index (χ3n) is 4.26. The molecular formula is C16H21N5O. The molecule has 0 bridgehead atoms. The highest BCUT2D eigenvalue weighted by Crippen LogP contribution is 2.30. The number of carbonyl (C=O) groups excluding carboxylic acids is 1. The predicted octanol–water partition coefficient (Wildman–Crippen LogP) is 1.67. The summed E-state index contributed by atoms with van der Waals surface area (Å²) >= 11 is 0. The van der Waals surface area contributed by atoms with E-state index in [4.69, 9.17) is 5.73 Å². The number of hydrogen-bond acceptors (Lipinski definition) is 4. The van der Waals surface area contributed by atoms with Crippen LogP contribution in [-0.4, -0.2) is 33.8 Å². The summed E-state index contributed by atoms with van der Waals surface area (Å²) in [6, 6.07) is 4.22. The molecule has 6 heteroatoms. The number of carbonyl (C=O) groups is 1. The van der Waals surface area contributed by atoms with Crippen molar-refractivity contribution in [2.75, 3.05) is 18.0 Å². The molecule has 0 unspecified atom stereocenters. The van der Waals surface area contributed by atoms with Crippen molar-refractivity contribution in [3.05, 3.63) is 40.3 Å². The molecular weight excluding hydrogens is 278 g/mol. The van der Waals surface area contributed by atoms with E-state index in [1.807, 2.05) is 26.8 Å². The molecule has 116 valence electrons. The molecule has 6 nitrogen and oxygen atoms in total. The SMILES string of the molecule is Cc1cc(C)n(C2CN(c3nc(C)c(C)cc3C(N)=O)C2)n1. The number of amides is 1. The molecule has 1 saturated heterocycles. The average Bonchev–Trinajstić information content (AvgIpc) is 2.70. The first kappa shape index (κ1) is 14.6. The lowest BCUT2D eigenvalue weighted by Gasteiger charge is -2.41. The van der Waals surface area contributed by atoms with Gasteiger partial charge in [-0.25, -0.2) is 4.98 Å². The third-order valence-corrected chi connectivity index (χ3v) is 4.26. The summed E-state index contributed by atoms with van der Waals surface area (Å²) in [6.45, 7) is 9.52. The van der Waals surface area contributed by atoms with Crippen LogP contribution in [0.15, 0.2) is 12.1 Å². The Balaban J connectivity index is 1.85. The van der Waals surface area contributed by atoms with E-state index >= 15 is 0 Å². The molecule has 2 aromatic heterocycles. The van der Waals surface area contributed by atoms with Crippen LogP contribution in [0.25, 0.3) is 0 Å². The topological polar surface area (TPSA) is 77.0 Å². The van der Waals surface area contributed by atoms with E-state index in [0.717, 1.165) is 35.7 Å². The molecule has 0 aromatic carbocycles. The Labute approximate surface area is 129 Å². The summed E-state index contributed by atoms with van der Waals surface area (Å²) in [5, 5.41) is 4.53. The van der Waals surface area contributed by atoms with Crippen LogP contribution >= 0.6 is 0 Å². The van der Waals surface area contributed by atoms with Crippen LogP contribution in [0.5, 0.6) is 0 Å². The number of hydrogen-bond donors (Lipinski definition) is 1. The molecule has 1 aliphatic rings. The smallest absolute Gasteiger partial charge is 0.252 e. The van der Waals surface area contributed by atoms with Crippen molar-refractivity contribution in [1.82, 2.24) is 14.8 Å². The quantitative estimate of drug-likeness (QED) is 0.935. The maximum Gasteiger partial charge on any atom is 0.252 e. The first-order valence-electron chi connectivity index (χ1n) is 7.42. The highest BCUT2D eigenvalue weighted by Gasteiger charge is 2.33. The number of nitrogens with two attached hydrogens (primary N) is 1. The Morgan fingerprint density at radius 2 is 1.91 bits per heavy atom. The van der Waals surface area contributed by atoms with Gasteiger partial charge in [-0.1, -0.05) is 0 Å². The van der Waals surface area contributed by atoms with E-state index in [9.17, 15) is 4.79 Å². The fraction of sp³-hybridized carbons (Fsp3) is 0.438. The Bertz CT molecular complexity index is 743. The second-order valence-electron chi connectivity index (χ2n) is 6.06. The third kappa shape index (κ3) is 2.34. The highest BCUT2D eigenvalue weighted by atomic mass is 16.1. The number of anilines is 1. The van der Waals surface area contributed by atoms with Gasteiger partial charge in [0.15, 0.2) is 0 Å². The molecule has 1 amide bonds. The van der Waals surface area contributed by atoms with Crippen molar-refractivity contribution in [3.63, 3.8) is 0 Å². The van der Waals surface area contributed by atoms with Crippen molar-refractivity contribution in [3.8, 4) is 0 Å². The van der Waals surface area contributed by atoms with Crippen LogP contribution < -0.4 is 10.6 Å². The summed E-state index contributed by atoms with van der Waals surface area (Å²) in [5.41, 5.74) is 10.1. The molecule has 3 rings (SSSR count). The Morgan fingerprint density at radius 1 is 1.23 bits per heavy atom. The summed E-state index contributed by atoms with van der Waals surface area (Å²) < 4.78 is 2.05. The van der Waals surface area contributed by atoms with Crippen molar-refractivity contribution in [2.45, 2.75) is 33.7 Å². The molecule has 0 spiro atoms. The van der Waals surface area contributed by atoms with Gasteiger partial charge in [0.1, 0.15) is 5.82 Å². The summed E-state index contributed by atoms with van der Waals surface area (Å²) in [4.78, 5) is 18.3. The molecule has 0 atom stereocenters. The van der Waals surface area contributed by atoms with Crippen LogP contribution in [0, 0.1) is 27.7 Å². The number of primary amides is 1. The minimum atomic E-state index is -0.430. The van der Waals surface area contributed by atoms with Crippen molar-refractivity contribution in [1.29, 1.82) is 0 Å². The summed E-state index contributed by atoms with van der Waals surface area (Å²) in [6.07, 6.45) is 0.